The fourth-order valence-electron chi connectivity index (χ4n) is 9.25. The summed E-state index contributed by atoms with van der Waals surface area (Å²) in [6.07, 6.45) is 2.75. The molecule has 4 aliphatic heterocycles. The van der Waals surface area contributed by atoms with Gasteiger partial charge in [-0.15, -0.1) is 11.3 Å². The Kier molecular flexibility index (Phi) is 10.0. The summed E-state index contributed by atoms with van der Waals surface area (Å²) in [5.41, 5.74) is -1.08. The van der Waals surface area contributed by atoms with Crippen molar-refractivity contribution in [3.8, 4) is 29.3 Å². The fourth-order valence-corrected chi connectivity index (χ4v) is 10.6. The molecule has 0 saturated carbocycles. The number of nitriles is 2. The van der Waals surface area contributed by atoms with Gasteiger partial charge in [0.2, 0.25) is 0 Å². The van der Waals surface area contributed by atoms with Crippen molar-refractivity contribution in [2.75, 3.05) is 29.9 Å². The summed E-state index contributed by atoms with van der Waals surface area (Å²) in [6, 6.07) is 8.40. The zero-order valence-corrected chi connectivity index (χ0v) is 33.4. The molecule has 8 rings (SSSR count). The molecule has 0 spiro atoms. The topological polar surface area (TPSA) is 168 Å². The first-order valence-corrected chi connectivity index (χ1v) is 20.3. The molecule has 13 nitrogen and oxygen atoms in total. The number of carbonyl (C=O) groups is 2. The zero-order chi connectivity index (χ0) is 40.5. The van der Waals surface area contributed by atoms with Gasteiger partial charge in [0, 0.05) is 54.0 Å². The van der Waals surface area contributed by atoms with Gasteiger partial charge < -0.3 is 19.5 Å². The third kappa shape index (κ3) is 7.13. The van der Waals surface area contributed by atoms with Gasteiger partial charge in [0.15, 0.2) is 5.82 Å². The van der Waals surface area contributed by atoms with Gasteiger partial charge in [-0.05, 0) is 83.9 Å². The lowest BCUT2D eigenvalue weighted by Crippen LogP contribution is -2.55. The number of anilines is 2. The molecule has 298 valence electrons. The summed E-state index contributed by atoms with van der Waals surface area (Å²) in [6.45, 7) is 8.13. The summed E-state index contributed by atoms with van der Waals surface area (Å²) < 4.78 is 44.6. The van der Waals surface area contributed by atoms with Crippen molar-refractivity contribution >= 4 is 66.9 Å². The van der Waals surface area contributed by atoms with Crippen molar-refractivity contribution < 1.29 is 33.0 Å². The van der Waals surface area contributed by atoms with Gasteiger partial charge in [-0.2, -0.15) is 20.5 Å². The summed E-state index contributed by atoms with van der Waals surface area (Å²) in [5.74, 6) is -1.16. The molecule has 0 aliphatic carbocycles. The number of piperidine rings is 1. The Morgan fingerprint density at radius 1 is 1.09 bits per heavy atom. The molecule has 4 fully saturated rings. The van der Waals surface area contributed by atoms with E-state index in [1.165, 1.54) is 17.0 Å². The Balaban J connectivity index is 1.22. The second-order valence-corrected chi connectivity index (χ2v) is 17.8. The predicted octanol–water partition coefficient (Wildman–Crippen LogP) is 8.53. The van der Waals surface area contributed by atoms with Crippen molar-refractivity contribution in [1.82, 2.24) is 19.8 Å². The van der Waals surface area contributed by atoms with Crippen LogP contribution in [-0.4, -0.2) is 92.6 Å². The first-order chi connectivity index (χ1) is 27.1. The lowest BCUT2D eigenvalue weighted by molar-refractivity contribution is 0.0636. The molecule has 0 radical (unpaired) electrons. The number of thiophene rings is 1. The molecule has 6 heterocycles. The quantitative estimate of drug-likeness (QED) is 0.183. The summed E-state index contributed by atoms with van der Waals surface area (Å²) in [7, 11) is 0. The maximum Gasteiger partial charge on any atom is 0.412 e. The number of hydrogen-bond donors (Lipinski definition) is 2. The highest BCUT2D eigenvalue weighted by Crippen LogP contribution is 2.47. The maximum atomic E-state index is 17.4. The number of rotatable bonds is 7. The van der Waals surface area contributed by atoms with Crippen LogP contribution in [0.3, 0.4) is 0 Å². The maximum absolute atomic E-state index is 17.4. The van der Waals surface area contributed by atoms with E-state index in [0.717, 1.165) is 43.1 Å². The van der Waals surface area contributed by atoms with Crippen molar-refractivity contribution in [3.63, 3.8) is 0 Å². The first kappa shape index (κ1) is 38.8. The summed E-state index contributed by atoms with van der Waals surface area (Å²) >= 11 is 7.77. The fraction of sp³-hybridized carbons (Fsp3) is 0.500. The van der Waals surface area contributed by atoms with Crippen molar-refractivity contribution in [2.45, 2.75) is 102 Å². The Morgan fingerprint density at radius 2 is 1.75 bits per heavy atom. The smallest absolute Gasteiger partial charge is 0.412 e. The average Bonchev–Trinajstić information content (AvgIpc) is 3.72. The van der Waals surface area contributed by atoms with Crippen LogP contribution < -0.4 is 15.0 Å². The van der Waals surface area contributed by atoms with Gasteiger partial charge in [-0.25, -0.2) is 18.4 Å². The van der Waals surface area contributed by atoms with Crippen LogP contribution in [0.25, 0.3) is 32.1 Å². The lowest BCUT2D eigenvalue weighted by Gasteiger charge is -2.40. The minimum atomic E-state index is -0.987. The van der Waals surface area contributed by atoms with E-state index in [1.807, 2.05) is 17.9 Å². The standard InChI is InChI=1S/C40H41ClF2N8O5S/c1-19(16-50-21-5-6-22(50)12-20(11-21)14-44)55-37-46-33-26(35(47-37)49-17-23-7-8-24(18-49)51(23)39(53)54)13-28(41)31(32(33)43)25-9-10-29(42)34-30(25)27(15-45)36(57-34)48-38(52)56-40(2,3)4/h9-10,13,19-24H,5-8,11-12,16-18H2,1-4H3,(H,48,52)(H,53,54). The number of nitrogens with one attached hydrogen (secondary N) is 1. The molecular weight excluding hydrogens is 778 g/mol. The van der Waals surface area contributed by atoms with Gasteiger partial charge in [-0.1, -0.05) is 17.7 Å². The van der Waals surface area contributed by atoms with E-state index in [1.54, 1.807) is 20.8 Å². The van der Waals surface area contributed by atoms with Crippen molar-refractivity contribution in [2.24, 2.45) is 5.92 Å². The van der Waals surface area contributed by atoms with Crippen LogP contribution in [0.1, 0.15) is 71.8 Å². The van der Waals surface area contributed by atoms with E-state index < -0.39 is 35.5 Å². The van der Waals surface area contributed by atoms with Crippen LogP contribution >= 0.6 is 22.9 Å². The van der Waals surface area contributed by atoms with Crippen LogP contribution in [-0.2, 0) is 4.74 Å². The lowest BCUT2D eigenvalue weighted by atomic mass is 9.92. The zero-order valence-electron chi connectivity index (χ0n) is 31.8. The number of carbonyl (C=O) groups excluding carboxylic acids is 1. The van der Waals surface area contributed by atoms with Gasteiger partial charge in [0.1, 0.15) is 39.9 Å². The van der Waals surface area contributed by atoms with Gasteiger partial charge in [0.05, 0.1) is 33.4 Å². The second kappa shape index (κ2) is 14.7. The molecule has 5 unspecified atom stereocenters. The number of carboxylic acid groups (broad SMARTS) is 1. The number of nitrogens with zero attached hydrogens (tertiary/aromatic N) is 7. The Morgan fingerprint density at radius 3 is 2.37 bits per heavy atom. The molecular formula is C40H41ClF2N8O5S. The molecule has 17 heteroatoms. The van der Waals surface area contributed by atoms with Crippen LogP contribution in [0.5, 0.6) is 6.01 Å². The molecule has 4 aliphatic rings. The number of ether oxygens (including phenoxy) is 2. The van der Waals surface area contributed by atoms with Crippen molar-refractivity contribution in [1.29, 1.82) is 10.5 Å². The van der Waals surface area contributed by atoms with Crippen LogP contribution in [0.15, 0.2) is 18.2 Å². The minimum Gasteiger partial charge on any atom is -0.465 e. The van der Waals surface area contributed by atoms with Crippen LogP contribution in [0.4, 0.5) is 29.2 Å². The Bertz CT molecular complexity index is 2370. The predicted molar refractivity (Wildman–Crippen MR) is 211 cm³/mol. The molecule has 2 amide bonds. The highest BCUT2D eigenvalue weighted by atomic mass is 35.5. The van der Waals surface area contributed by atoms with E-state index in [2.05, 4.69) is 21.3 Å². The molecule has 57 heavy (non-hydrogen) atoms. The van der Waals surface area contributed by atoms with E-state index in [0.29, 0.717) is 38.3 Å². The number of benzene rings is 2. The Hall–Kier alpha value is -5.03. The molecule has 4 aromatic rings. The molecule has 4 bridgehead atoms. The number of hydrogen-bond acceptors (Lipinski definition) is 11. The minimum absolute atomic E-state index is 0.00597. The largest absolute Gasteiger partial charge is 0.465 e. The molecule has 4 saturated heterocycles. The molecule has 2 aromatic heterocycles. The van der Waals surface area contributed by atoms with E-state index >= 15 is 8.78 Å². The van der Waals surface area contributed by atoms with Crippen LogP contribution in [0.2, 0.25) is 5.02 Å². The number of piperazine rings is 1. The van der Waals surface area contributed by atoms with Crippen molar-refractivity contribution in [3.05, 3.63) is 40.4 Å². The average molecular weight is 819 g/mol. The first-order valence-electron chi connectivity index (χ1n) is 19.1. The monoisotopic (exact) mass is 818 g/mol. The normalized spacial score (nSPS) is 23.7. The molecule has 5 atom stereocenters. The van der Waals surface area contributed by atoms with Gasteiger partial charge in [-0.3, -0.25) is 15.1 Å². The second-order valence-electron chi connectivity index (χ2n) is 16.4. The van der Waals surface area contributed by atoms with E-state index in [4.69, 9.17) is 26.1 Å². The van der Waals surface area contributed by atoms with Gasteiger partial charge in [0.25, 0.3) is 0 Å². The number of fused-ring (bicyclic) bond motifs is 6. The third-order valence-corrected chi connectivity index (χ3v) is 12.9. The highest BCUT2D eigenvalue weighted by molar-refractivity contribution is 7.23. The number of aromatic nitrogens is 2. The van der Waals surface area contributed by atoms with E-state index in [-0.39, 0.29) is 83.8 Å². The number of amides is 2. The number of halogens is 3. The Labute approximate surface area is 336 Å². The molecule has 2 N–H and O–H groups in total. The van der Waals surface area contributed by atoms with Crippen LogP contribution in [0, 0.1) is 40.2 Å². The third-order valence-electron chi connectivity index (χ3n) is 11.5. The van der Waals surface area contributed by atoms with E-state index in [9.17, 15) is 25.2 Å². The summed E-state index contributed by atoms with van der Waals surface area (Å²) in [4.78, 5) is 40.1. The van der Waals surface area contributed by atoms with Gasteiger partial charge >= 0.3 is 18.2 Å². The molecule has 2 aromatic carbocycles. The highest BCUT2D eigenvalue weighted by Gasteiger charge is 2.44. The summed E-state index contributed by atoms with van der Waals surface area (Å²) in [5, 5.41) is 32.7. The SMILES string of the molecule is CC(CN1C2CCC1CC(C#N)C2)Oc1nc(N2CC3CCC(C2)N3C(=O)O)c2cc(Cl)c(-c3ccc(F)c4sc(NC(=O)OC(C)(C)C)c(C#N)c34)c(F)c2n1.